The second kappa shape index (κ2) is 13.4. The molecule has 0 saturated carbocycles. The molecular formula is C55H50O. The van der Waals surface area contributed by atoms with Crippen LogP contribution in [0.4, 0.5) is 0 Å². The lowest BCUT2D eigenvalue weighted by atomic mass is 9.80. The molecule has 0 N–H and O–H groups in total. The molecule has 8 aromatic carbocycles. The maximum Gasteiger partial charge on any atom is 0.136 e. The first-order chi connectivity index (χ1) is 27.0. The molecule has 0 bridgehead atoms. The van der Waals surface area contributed by atoms with E-state index in [0.717, 1.165) is 28.7 Å². The molecule has 0 saturated heterocycles. The zero-order valence-corrected chi connectivity index (χ0v) is 34.0. The number of fused-ring (bicyclic) bond motifs is 2. The fraction of sp³-hybridized carbons (Fsp3) is 0.200. The third-order valence-electron chi connectivity index (χ3n) is 11.8. The van der Waals surface area contributed by atoms with Gasteiger partial charge < -0.3 is 4.42 Å². The van der Waals surface area contributed by atoms with Gasteiger partial charge in [-0.2, -0.15) is 0 Å². The molecule has 1 aliphatic carbocycles. The van der Waals surface area contributed by atoms with Gasteiger partial charge in [-0.25, -0.2) is 0 Å². The molecule has 0 spiro atoms. The van der Waals surface area contributed by atoms with E-state index in [0.29, 0.717) is 0 Å². The van der Waals surface area contributed by atoms with Gasteiger partial charge in [-0.3, -0.25) is 0 Å². The third-order valence-corrected chi connectivity index (χ3v) is 11.8. The van der Waals surface area contributed by atoms with Crippen molar-refractivity contribution in [2.24, 2.45) is 0 Å². The second-order valence-electron chi connectivity index (χ2n) is 17.4. The SMILES string of the molecule is CC.CC(C)(C)c1cccc(-c2cc(C3=Cc4ccccc4C3)c3ccc4c(-c5cccc(C(C)(C)C)c5)cc(-c5cc6ccccc6o5)c5ccc2c3c45)c1. The lowest BCUT2D eigenvalue weighted by molar-refractivity contribution is 0.590. The van der Waals surface area contributed by atoms with Crippen LogP contribution in [0.25, 0.3) is 88.5 Å². The van der Waals surface area contributed by atoms with Crippen LogP contribution in [0, 0.1) is 0 Å². The Kier molecular flexibility index (Phi) is 8.55. The highest BCUT2D eigenvalue weighted by atomic mass is 16.3. The predicted octanol–water partition coefficient (Wildman–Crippen LogP) is 16.0. The van der Waals surface area contributed by atoms with E-state index >= 15 is 0 Å². The van der Waals surface area contributed by atoms with Crippen LogP contribution in [0.1, 0.15) is 83.2 Å². The summed E-state index contributed by atoms with van der Waals surface area (Å²) in [7, 11) is 0. The molecule has 1 nitrogen and oxygen atoms in total. The molecule has 1 heteroatoms. The van der Waals surface area contributed by atoms with Crippen molar-refractivity contribution in [2.75, 3.05) is 0 Å². The Bertz CT molecular complexity index is 2940. The first-order valence-corrected chi connectivity index (χ1v) is 20.3. The van der Waals surface area contributed by atoms with Crippen molar-refractivity contribution in [2.45, 2.75) is 72.6 Å². The molecule has 10 rings (SSSR count). The van der Waals surface area contributed by atoms with E-state index < -0.39 is 0 Å². The molecule has 1 heterocycles. The van der Waals surface area contributed by atoms with Gasteiger partial charge in [-0.05, 0) is 129 Å². The monoisotopic (exact) mass is 726 g/mol. The van der Waals surface area contributed by atoms with Gasteiger partial charge in [0.15, 0.2) is 0 Å². The van der Waals surface area contributed by atoms with E-state index in [9.17, 15) is 0 Å². The van der Waals surface area contributed by atoms with E-state index in [2.05, 4.69) is 187 Å². The van der Waals surface area contributed by atoms with Crippen LogP contribution in [0.3, 0.4) is 0 Å². The fourth-order valence-corrected chi connectivity index (χ4v) is 8.81. The maximum absolute atomic E-state index is 6.68. The molecule has 56 heavy (non-hydrogen) atoms. The second-order valence-corrected chi connectivity index (χ2v) is 17.4. The number of allylic oxidation sites excluding steroid dienone is 1. The Morgan fingerprint density at radius 3 is 1.55 bits per heavy atom. The summed E-state index contributed by atoms with van der Waals surface area (Å²) in [5, 5.41) is 8.80. The Labute approximate surface area is 331 Å². The van der Waals surface area contributed by atoms with Crippen molar-refractivity contribution in [3.8, 4) is 33.6 Å². The van der Waals surface area contributed by atoms with Gasteiger partial charge >= 0.3 is 0 Å². The zero-order chi connectivity index (χ0) is 38.9. The fourth-order valence-electron chi connectivity index (χ4n) is 8.81. The number of hydrogen-bond acceptors (Lipinski definition) is 1. The van der Waals surface area contributed by atoms with Crippen LogP contribution in [-0.4, -0.2) is 0 Å². The number of rotatable bonds is 4. The van der Waals surface area contributed by atoms with Gasteiger partial charge in [0, 0.05) is 10.9 Å². The van der Waals surface area contributed by atoms with Crippen LogP contribution in [0.5, 0.6) is 0 Å². The van der Waals surface area contributed by atoms with Gasteiger partial charge in [-0.1, -0.05) is 177 Å². The highest BCUT2D eigenvalue weighted by Gasteiger charge is 2.25. The van der Waals surface area contributed by atoms with Gasteiger partial charge in [0.1, 0.15) is 11.3 Å². The Morgan fingerprint density at radius 1 is 0.464 bits per heavy atom. The molecule has 0 fully saturated rings. The summed E-state index contributed by atoms with van der Waals surface area (Å²) >= 11 is 0. The highest BCUT2D eigenvalue weighted by molar-refractivity contribution is 6.31. The molecule has 9 aromatic rings. The van der Waals surface area contributed by atoms with Crippen molar-refractivity contribution >= 4 is 54.9 Å². The average Bonchev–Trinajstić information content (AvgIpc) is 3.85. The van der Waals surface area contributed by atoms with Crippen molar-refractivity contribution < 1.29 is 4.42 Å². The summed E-state index contributed by atoms with van der Waals surface area (Å²) in [4.78, 5) is 0. The van der Waals surface area contributed by atoms with Crippen LogP contribution < -0.4 is 0 Å². The number of para-hydroxylation sites is 1. The summed E-state index contributed by atoms with van der Waals surface area (Å²) in [5.41, 5.74) is 15.2. The minimum atomic E-state index is 0.0271. The normalized spacial score (nSPS) is 13.0. The van der Waals surface area contributed by atoms with Gasteiger partial charge in [0.05, 0.1) is 0 Å². The summed E-state index contributed by atoms with van der Waals surface area (Å²) in [6, 6.07) is 52.2. The first kappa shape index (κ1) is 35.8. The van der Waals surface area contributed by atoms with E-state index in [1.807, 2.05) is 13.8 Å². The van der Waals surface area contributed by atoms with E-state index in [1.54, 1.807) is 0 Å². The molecule has 0 unspecified atom stereocenters. The van der Waals surface area contributed by atoms with Crippen molar-refractivity contribution in [3.05, 3.63) is 167 Å². The van der Waals surface area contributed by atoms with Crippen molar-refractivity contribution in [1.29, 1.82) is 0 Å². The van der Waals surface area contributed by atoms with Crippen LogP contribution in [0.2, 0.25) is 0 Å². The van der Waals surface area contributed by atoms with Crippen LogP contribution in [-0.2, 0) is 17.3 Å². The van der Waals surface area contributed by atoms with Crippen molar-refractivity contribution in [3.63, 3.8) is 0 Å². The molecule has 1 aromatic heterocycles. The van der Waals surface area contributed by atoms with Crippen LogP contribution >= 0.6 is 0 Å². The van der Waals surface area contributed by atoms with Crippen molar-refractivity contribution in [1.82, 2.24) is 0 Å². The quantitative estimate of drug-likeness (QED) is 0.165. The molecular weight excluding hydrogens is 677 g/mol. The molecule has 276 valence electrons. The van der Waals surface area contributed by atoms with E-state index in [-0.39, 0.29) is 10.8 Å². The Balaban J connectivity index is 0.00000202. The third kappa shape index (κ3) is 5.93. The lowest BCUT2D eigenvalue weighted by Crippen LogP contribution is -2.10. The topological polar surface area (TPSA) is 13.1 Å². The van der Waals surface area contributed by atoms with Crippen LogP contribution in [0.15, 0.2) is 144 Å². The minimum absolute atomic E-state index is 0.0271. The molecule has 1 aliphatic rings. The van der Waals surface area contributed by atoms with Gasteiger partial charge in [0.25, 0.3) is 0 Å². The average molecular weight is 727 g/mol. The summed E-state index contributed by atoms with van der Waals surface area (Å²) < 4.78 is 6.68. The Morgan fingerprint density at radius 2 is 0.982 bits per heavy atom. The zero-order valence-electron chi connectivity index (χ0n) is 34.0. The molecule has 0 amide bonds. The first-order valence-electron chi connectivity index (χ1n) is 20.3. The number of hydrogen-bond donors (Lipinski definition) is 0. The number of furan rings is 1. The van der Waals surface area contributed by atoms with Gasteiger partial charge in [-0.15, -0.1) is 0 Å². The summed E-state index contributed by atoms with van der Waals surface area (Å²) in [6.07, 6.45) is 3.34. The Hall–Kier alpha value is -5.92. The molecule has 0 atom stereocenters. The summed E-state index contributed by atoms with van der Waals surface area (Å²) in [6.45, 7) is 17.8. The minimum Gasteiger partial charge on any atom is -0.456 e. The molecule has 0 radical (unpaired) electrons. The largest absolute Gasteiger partial charge is 0.456 e. The standard InChI is InChI=1S/C53H44O.C2H6/c1-52(2,3)38-18-11-16-34(27-38)44-30-46(37-25-32-13-7-8-14-33(32)26-37)42-22-21-41-45(35-17-12-19-39(28-35)53(4,5)6)31-47(43-24-23-40(44)50(42)51(41)43)49-29-36-15-9-10-20-48(36)54-49;1-2/h7-25,27-31H,26H2,1-6H3;1-2H3. The maximum atomic E-state index is 6.68. The predicted molar refractivity (Wildman–Crippen MR) is 243 cm³/mol. The smallest absolute Gasteiger partial charge is 0.136 e. The summed E-state index contributed by atoms with van der Waals surface area (Å²) in [5.74, 6) is 0.898. The van der Waals surface area contributed by atoms with E-state index in [1.165, 1.54) is 88.0 Å². The van der Waals surface area contributed by atoms with Gasteiger partial charge in [0.2, 0.25) is 0 Å². The molecule has 0 aliphatic heterocycles. The lowest BCUT2D eigenvalue weighted by Gasteiger charge is -2.23. The highest BCUT2D eigenvalue weighted by Crippen LogP contribution is 2.49. The number of benzene rings is 8. The van der Waals surface area contributed by atoms with E-state index in [4.69, 9.17) is 4.42 Å².